The van der Waals surface area contributed by atoms with Crippen LogP contribution in [0.2, 0.25) is 0 Å². The van der Waals surface area contributed by atoms with Crippen LogP contribution < -0.4 is 14.2 Å². The summed E-state index contributed by atoms with van der Waals surface area (Å²) in [4.78, 5) is 0. The minimum absolute atomic E-state index is 0.00923. The quantitative estimate of drug-likeness (QED) is 0.109. The molecule has 2 aromatic carbocycles. The number of alkyl halides is 10. The maximum atomic E-state index is 14.5. The summed E-state index contributed by atoms with van der Waals surface area (Å²) in [6, 6.07) is 12.8. The lowest BCUT2D eigenvalue weighted by molar-refractivity contribution is -0.275. The van der Waals surface area contributed by atoms with Crippen LogP contribution in [0.1, 0.15) is 50.8 Å². The molecule has 4 heterocycles. The topological polar surface area (TPSA) is 132 Å². The van der Waals surface area contributed by atoms with Crippen LogP contribution in [0.3, 0.4) is 0 Å². The van der Waals surface area contributed by atoms with Crippen LogP contribution in [-0.2, 0) is 28.1 Å². The summed E-state index contributed by atoms with van der Waals surface area (Å²) in [5, 5.41) is 22.5. The van der Waals surface area contributed by atoms with Crippen molar-refractivity contribution in [2.45, 2.75) is 65.0 Å². The Kier molecular flexibility index (Phi) is 13.2. The Balaban J connectivity index is 0.000000216. The summed E-state index contributed by atoms with van der Waals surface area (Å²) < 4.78 is 155. The predicted molar refractivity (Wildman–Crippen MR) is 187 cm³/mol. The molecule has 4 aromatic heterocycles. The van der Waals surface area contributed by atoms with Crippen molar-refractivity contribution in [3.63, 3.8) is 0 Å². The Labute approximate surface area is 327 Å². The fourth-order valence-corrected chi connectivity index (χ4v) is 5.26. The van der Waals surface area contributed by atoms with Gasteiger partial charge >= 0.3 is 24.8 Å². The van der Waals surface area contributed by atoms with Gasteiger partial charge in [-0.25, -0.2) is 0 Å². The lowest BCUT2D eigenvalue weighted by Gasteiger charge is -2.15. The number of nitrogens with zero attached hydrogens (tertiary/aromatic N) is 8. The van der Waals surface area contributed by atoms with Gasteiger partial charge in [0.05, 0.1) is 31.7 Å². The first-order valence-corrected chi connectivity index (χ1v) is 17.4. The van der Waals surface area contributed by atoms with Crippen molar-refractivity contribution in [2.75, 3.05) is 20.8 Å². The molecule has 0 atom stereocenters. The Morgan fingerprint density at radius 3 is 1.66 bits per heavy atom. The highest BCUT2D eigenvalue weighted by atomic mass is 19.4. The molecule has 0 bridgehead atoms. The van der Waals surface area contributed by atoms with E-state index in [4.69, 9.17) is 14.2 Å². The van der Waals surface area contributed by atoms with E-state index in [-0.39, 0.29) is 53.1 Å². The third-order valence-electron chi connectivity index (χ3n) is 7.94. The second kappa shape index (κ2) is 17.6. The molecule has 0 amide bonds. The lowest BCUT2D eigenvalue weighted by Crippen LogP contribution is -2.23. The summed E-state index contributed by atoms with van der Waals surface area (Å²) in [5.74, 6) is -5.51. The molecule has 318 valence electrons. The van der Waals surface area contributed by atoms with E-state index in [0.717, 1.165) is 46.1 Å². The van der Waals surface area contributed by atoms with Crippen molar-refractivity contribution in [3.05, 3.63) is 77.9 Å². The van der Waals surface area contributed by atoms with Crippen LogP contribution >= 0.6 is 0 Å². The number of aromatic nitrogens is 8. The summed E-state index contributed by atoms with van der Waals surface area (Å²) in [6.07, 6.45) is -11.7. The molecular formula is C36H34F10N8O5. The molecular weight excluding hydrogens is 814 g/mol. The van der Waals surface area contributed by atoms with Gasteiger partial charge in [0, 0.05) is 31.2 Å². The maximum Gasteiger partial charge on any atom is 0.573 e. The third kappa shape index (κ3) is 11.2. The average molecular weight is 849 g/mol. The fraction of sp³-hybridized carbons (Fsp3) is 0.389. The normalized spacial score (nSPS) is 13.4. The maximum absolute atomic E-state index is 14.5. The number of fused-ring (bicyclic) bond motifs is 2. The summed E-state index contributed by atoms with van der Waals surface area (Å²) in [5.41, 5.74) is 1.54. The smallest absolute Gasteiger partial charge is 0.496 e. The molecule has 0 aliphatic heterocycles. The Hall–Kier alpha value is -5.84. The highest BCUT2D eigenvalue weighted by Gasteiger charge is 2.41. The molecule has 0 saturated heterocycles. The van der Waals surface area contributed by atoms with E-state index >= 15 is 0 Å². The molecule has 6 aromatic rings. The molecule has 1 aliphatic carbocycles. The van der Waals surface area contributed by atoms with Gasteiger partial charge in [0.1, 0.15) is 17.2 Å². The number of hydrogen-bond acceptors (Lipinski definition) is 11. The molecule has 0 N–H and O–H groups in total. The van der Waals surface area contributed by atoms with E-state index < -0.39 is 47.9 Å². The fourth-order valence-electron chi connectivity index (χ4n) is 5.26. The Morgan fingerprint density at radius 1 is 0.644 bits per heavy atom. The van der Waals surface area contributed by atoms with Gasteiger partial charge < -0.3 is 23.7 Å². The number of rotatable bonds is 12. The van der Waals surface area contributed by atoms with Crippen LogP contribution in [0.15, 0.2) is 60.7 Å². The van der Waals surface area contributed by atoms with Gasteiger partial charge in [-0.05, 0) is 78.9 Å². The first-order valence-electron chi connectivity index (χ1n) is 17.4. The first-order chi connectivity index (χ1) is 27.7. The Morgan fingerprint density at radius 2 is 1.15 bits per heavy atom. The summed E-state index contributed by atoms with van der Waals surface area (Å²) in [6.45, 7) is 4.52. The predicted octanol–water partition coefficient (Wildman–Crippen LogP) is 9.15. The van der Waals surface area contributed by atoms with Crippen molar-refractivity contribution in [2.24, 2.45) is 5.92 Å². The van der Waals surface area contributed by atoms with Crippen molar-refractivity contribution < 1.29 is 67.6 Å². The third-order valence-corrected chi connectivity index (χ3v) is 7.94. The van der Waals surface area contributed by atoms with Gasteiger partial charge in [-0.1, -0.05) is 13.8 Å². The second-order valence-electron chi connectivity index (χ2n) is 12.4. The molecule has 0 spiro atoms. The highest BCUT2D eigenvalue weighted by Crippen LogP contribution is 2.37. The van der Waals surface area contributed by atoms with E-state index in [2.05, 4.69) is 40.1 Å². The van der Waals surface area contributed by atoms with Gasteiger partial charge in [0.25, 0.3) is 5.82 Å². The zero-order valence-corrected chi connectivity index (χ0v) is 31.6. The zero-order valence-electron chi connectivity index (χ0n) is 31.6. The van der Waals surface area contributed by atoms with Gasteiger partial charge in [0.2, 0.25) is 5.82 Å². The number of hydrogen-bond donors (Lipinski definition) is 0. The van der Waals surface area contributed by atoms with Gasteiger partial charge in [-0.2, -0.15) is 36.8 Å². The molecule has 0 radical (unpaired) electrons. The molecule has 13 nitrogen and oxygen atoms in total. The van der Waals surface area contributed by atoms with E-state index in [1.807, 2.05) is 13.8 Å². The summed E-state index contributed by atoms with van der Waals surface area (Å²) in [7, 11) is 2.62. The minimum Gasteiger partial charge on any atom is -0.496 e. The van der Waals surface area contributed by atoms with Crippen LogP contribution in [0.25, 0.3) is 33.8 Å². The van der Waals surface area contributed by atoms with Crippen molar-refractivity contribution in [1.29, 1.82) is 0 Å². The number of methoxy groups -OCH3 is 2. The number of halogens is 10. The molecule has 7 rings (SSSR count). The van der Waals surface area contributed by atoms with E-state index in [1.165, 1.54) is 50.6 Å². The first kappa shape index (κ1) is 44.3. The highest BCUT2D eigenvalue weighted by molar-refractivity contribution is 5.69. The van der Waals surface area contributed by atoms with Crippen molar-refractivity contribution in [1.82, 2.24) is 39.6 Å². The van der Waals surface area contributed by atoms with Crippen molar-refractivity contribution >= 4 is 11.3 Å². The monoisotopic (exact) mass is 848 g/mol. The van der Waals surface area contributed by atoms with Gasteiger partial charge in [-0.15, -0.1) is 46.7 Å². The second-order valence-corrected chi connectivity index (χ2v) is 12.4. The van der Waals surface area contributed by atoms with Gasteiger partial charge in [0.15, 0.2) is 11.3 Å². The van der Waals surface area contributed by atoms with E-state index in [0.29, 0.717) is 18.1 Å². The number of ether oxygens (including phenoxy) is 5. The molecule has 1 fully saturated rings. The minimum atomic E-state index is -4.87. The summed E-state index contributed by atoms with van der Waals surface area (Å²) >= 11 is 0. The zero-order chi connectivity index (χ0) is 43.3. The lowest BCUT2D eigenvalue weighted by atomic mass is 10.0. The van der Waals surface area contributed by atoms with Crippen molar-refractivity contribution in [3.8, 4) is 39.8 Å². The Bertz CT molecular complexity index is 2360. The standard InChI is InChI=1S/C18H15F5N4O3.C16H13F5N4O2.C2H6/c1-28-14-8-11(30-18(21,22)23)4-5-12(14)13-6-7-15-24-25-16(27(15)26-13)17(19,20)29-9-10-2-3-10;1-15(17,18)14-23-22-13-6-5-12(24-25(13)14)11-4-3-10(27-16(19,20)21)7-9(11)8-26-2;1-2/h4-8,10H,2-3,9H2,1H3;3-7H,8H2,1-2H3;1-2H3. The van der Waals surface area contributed by atoms with E-state index in [1.54, 1.807) is 0 Å². The van der Waals surface area contributed by atoms with Crippen LogP contribution in [0.4, 0.5) is 43.9 Å². The molecule has 59 heavy (non-hydrogen) atoms. The van der Waals surface area contributed by atoms with Crippen LogP contribution in [0, 0.1) is 5.92 Å². The molecule has 0 unspecified atom stereocenters. The molecule has 23 heteroatoms. The average Bonchev–Trinajstić information content (AvgIpc) is 3.73. The largest absolute Gasteiger partial charge is 0.573 e. The van der Waals surface area contributed by atoms with Gasteiger partial charge in [-0.3, -0.25) is 0 Å². The van der Waals surface area contributed by atoms with Crippen LogP contribution in [0.5, 0.6) is 17.2 Å². The van der Waals surface area contributed by atoms with E-state index in [9.17, 15) is 43.9 Å². The van der Waals surface area contributed by atoms with Crippen LogP contribution in [-0.4, -0.2) is 73.2 Å². The SMILES string of the molecule is CC.COCc1cc(OC(F)(F)F)ccc1-c1ccc2nnc(C(C)(F)F)n2n1.COc1cc(OC(F)(F)F)ccc1-c1ccc2nnc(C(F)(F)OCC3CC3)n2n1. The number of benzene rings is 2. The molecule has 1 saturated carbocycles. The molecule has 1 aliphatic rings.